The molecule has 0 radical (unpaired) electrons. The summed E-state index contributed by atoms with van der Waals surface area (Å²) in [4.78, 5) is 15.5. The molecule has 0 spiro atoms. The highest BCUT2D eigenvalue weighted by atomic mass is 19.4. The van der Waals surface area contributed by atoms with Gasteiger partial charge in [-0.05, 0) is 73.1 Å². The van der Waals surface area contributed by atoms with Crippen LogP contribution >= 0.6 is 0 Å². The third-order valence-electron chi connectivity index (χ3n) is 5.94. The summed E-state index contributed by atoms with van der Waals surface area (Å²) < 4.78 is 39.5. The average Bonchev–Trinajstić information content (AvgIpc) is 2.74. The molecule has 0 saturated carbocycles. The van der Waals surface area contributed by atoms with Crippen LogP contribution < -0.4 is 5.32 Å². The number of rotatable bonds is 6. The number of alkyl halides is 3. The quantitative estimate of drug-likeness (QED) is 0.510. The molecule has 9 heteroatoms. The van der Waals surface area contributed by atoms with Crippen LogP contribution in [0.15, 0.2) is 48.7 Å². The van der Waals surface area contributed by atoms with E-state index in [9.17, 15) is 23.1 Å². The maximum atomic E-state index is 13.2. The number of benzene rings is 1. The monoisotopic (exact) mass is 456 g/mol. The van der Waals surface area contributed by atoms with Crippen LogP contribution in [0, 0.1) is 12.3 Å². The lowest BCUT2D eigenvalue weighted by molar-refractivity contribution is -0.166. The normalized spacial score (nSPS) is 17.9. The molecule has 2 aromatic heterocycles. The molecule has 33 heavy (non-hydrogen) atoms. The van der Waals surface area contributed by atoms with Gasteiger partial charge in [0, 0.05) is 17.7 Å². The summed E-state index contributed by atoms with van der Waals surface area (Å²) in [5.41, 5.74) is 3.53. The zero-order valence-electron chi connectivity index (χ0n) is 18.0. The van der Waals surface area contributed by atoms with Crippen LogP contribution in [0.2, 0.25) is 0 Å². The van der Waals surface area contributed by atoms with Gasteiger partial charge >= 0.3 is 12.1 Å². The minimum absolute atomic E-state index is 0.0908. The Morgan fingerprint density at radius 1 is 1.12 bits per heavy atom. The second-order valence-electron chi connectivity index (χ2n) is 8.64. The number of carboxylic acid groups (broad SMARTS) is 1. The minimum Gasteiger partial charge on any atom is -0.481 e. The molecule has 0 saturated heterocycles. The van der Waals surface area contributed by atoms with Crippen molar-refractivity contribution in [2.45, 2.75) is 45.2 Å². The van der Waals surface area contributed by atoms with E-state index in [0.717, 1.165) is 28.1 Å². The zero-order chi connectivity index (χ0) is 23.6. The first kappa shape index (κ1) is 22.7. The summed E-state index contributed by atoms with van der Waals surface area (Å²) in [6.45, 7) is 1.90. The maximum Gasteiger partial charge on any atom is 0.389 e. The number of fused-ring (bicyclic) bond motifs is 1. The van der Waals surface area contributed by atoms with Gasteiger partial charge in [-0.15, -0.1) is 10.2 Å². The topological polar surface area (TPSA) is 88.0 Å². The number of carboxylic acids is 1. The molecule has 1 aliphatic rings. The summed E-state index contributed by atoms with van der Waals surface area (Å²) in [6, 6.07) is 12.9. The fraction of sp³-hybridized carbons (Fsp3) is 0.333. The van der Waals surface area contributed by atoms with E-state index < -0.39 is 30.4 Å². The summed E-state index contributed by atoms with van der Waals surface area (Å²) in [7, 11) is 0. The summed E-state index contributed by atoms with van der Waals surface area (Å²) in [5.74, 6) is -0.641. The smallest absolute Gasteiger partial charge is 0.389 e. The van der Waals surface area contributed by atoms with Gasteiger partial charge in [0.1, 0.15) is 0 Å². The van der Waals surface area contributed by atoms with Gasteiger partial charge in [0.25, 0.3) is 0 Å². The van der Waals surface area contributed by atoms with Crippen molar-refractivity contribution in [3.05, 3.63) is 65.5 Å². The molecule has 2 N–H and O–H groups in total. The number of hydrogen-bond acceptors (Lipinski definition) is 5. The lowest BCUT2D eigenvalue weighted by atomic mass is 9.67. The number of nitrogens with one attached hydrogen (secondary N) is 1. The fourth-order valence-electron chi connectivity index (χ4n) is 4.44. The third kappa shape index (κ3) is 5.66. The predicted molar refractivity (Wildman–Crippen MR) is 117 cm³/mol. The van der Waals surface area contributed by atoms with Crippen LogP contribution in [-0.2, 0) is 17.6 Å². The number of carbonyl (C=O) groups is 1. The van der Waals surface area contributed by atoms with Crippen molar-refractivity contribution >= 4 is 17.5 Å². The van der Waals surface area contributed by atoms with Crippen LogP contribution in [-0.4, -0.2) is 32.4 Å². The number of anilines is 2. The third-order valence-corrected chi connectivity index (χ3v) is 5.94. The Morgan fingerprint density at radius 3 is 2.58 bits per heavy atom. The Bertz CT molecular complexity index is 1150. The van der Waals surface area contributed by atoms with Crippen LogP contribution in [0.4, 0.5) is 24.7 Å². The zero-order valence-corrected chi connectivity index (χ0v) is 18.0. The lowest BCUT2D eigenvalue weighted by Crippen LogP contribution is -2.36. The first-order valence-corrected chi connectivity index (χ1v) is 10.6. The molecule has 1 unspecified atom stereocenters. The van der Waals surface area contributed by atoms with E-state index >= 15 is 0 Å². The SMILES string of the molecule is Cc1ccc(Nc2ccc(-c3ccc4c(c3)CCC(CC(=O)O)(CC(F)(F)F)C4)nn2)cn1. The maximum absolute atomic E-state index is 13.2. The number of aryl methyl sites for hydroxylation is 2. The van der Waals surface area contributed by atoms with Crippen molar-refractivity contribution in [3.8, 4) is 11.3 Å². The predicted octanol–water partition coefficient (Wildman–Crippen LogP) is 5.49. The standard InChI is InChI=1S/C24H23F3N4O2/c1-15-2-5-19(13-28-15)29-21-7-6-20(30-31-21)17-3-4-18-11-23(12-22(32)33,14-24(25,26)27)9-8-16(18)10-17/h2-7,10,13H,8-9,11-12,14H2,1H3,(H,29,31)(H,32,33). The highest BCUT2D eigenvalue weighted by molar-refractivity contribution is 5.68. The molecule has 0 fully saturated rings. The van der Waals surface area contributed by atoms with Crippen LogP contribution in [0.5, 0.6) is 0 Å². The molecule has 6 nitrogen and oxygen atoms in total. The van der Waals surface area contributed by atoms with E-state index in [1.807, 2.05) is 31.2 Å². The van der Waals surface area contributed by atoms with Crippen molar-refractivity contribution in [3.63, 3.8) is 0 Å². The van der Waals surface area contributed by atoms with Gasteiger partial charge < -0.3 is 10.4 Å². The molecule has 0 amide bonds. The van der Waals surface area contributed by atoms with E-state index in [1.54, 1.807) is 24.4 Å². The highest BCUT2D eigenvalue weighted by Gasteiger charge is 2.45. The summed E-state index contributed by atoms with van der Waals surface area (Å²) >= 11 is 0. The molecule has 2 heterocycles. The minimum atomic E-state index is -4.41. The lowest BCUT2D eigenvalue weighted by Gasteiger charge is -2.38. The Labute approximate surface area is 188 Å². The average molecular weight is 456 g/mol. The van der Waals surface area contributed by atoms with Crippen LogP contribution in [0.3, 0.4) is 0 Å². The van der Waals surface area contributed by atoms with Gasteiger partial charge in [-0.25, -0.2) is 0 Å². The molecule has 3 aromatic rings. The van der Waals surface area contributed by atoms with Gasteiger partial charge in [0.2, 0.25) is 0 Å². The van der Waals surface area contributed by atoms with Crippen molar-refractivity contribution in [1.82, 2.24) is 15.2 Å². The fourth-order valence-corrected chi connectivity index (χ4v) is 4.44. The van der Waals surface area contributed by atoms with E-state index in [0.29, 0.717) is 17.9 Å². The number of aliphatic carboxylic acids is 1. The molecule has 1 aliphatic carbocycles. The molecular weight excluding hydrogens is 433 g/mol. The molecule has 4 rings (SSSR count). The number of nitrogens with zero attached hydrogens (tertiary/aromatic N) is 3. The van der Waals surface area contributed by atoms with Crippen molar-refractivity contribution in [2.24, 2.45) is 5.41 Å². The first-order valence-electron chi connectivity index (χ1n) is 10.6. The highest BCUT2D eigenvalue weighted by Crippen LogP contribution is 2.46. The van der Waals surface area contributed by atoms with E-state index in [2.05, 4.69) is 20.5 Å². The molecule has 0 bridgehead atoms. The van der Waals surface area contributed by atoms with Gasteiger partial charge in [-0.1, -0.05) is 12.1 Å². The van der Waals surface area contributed by atoms with Crippen LogP contribution in [0.25, 0.3) is 11.3 Å². The molecular formula is C24H23F3N4O2. The summed E-state index contributed by atoms with van der Waals surface area (Å²) in [6.07, 6.45) is -3.64. The Kier molecular flexibility index (Phi) is 6.05. The molecule has 1 atom stereocenters. The van der Waals surface area contributed by atoms with Gasteiger partial charge in [-0.2, -0.15) is 13.2 Å². The Balaban J connectivity index is 1.52. The van der Waals surface area contributed by atoms with Crippen LogP contribution in [0.1, 0.15) is 36.1 Å². The van der Waals surface area contributed by atoms with Gasteiger partial charge in [0.15, 0.2) is 5.82 Å². The Morgan fingerprint density at radius 2 is 1.94 bits per heavy atom. The van der Waals surface area contributed by atoms with Gasteiger partial charge in [0.05, 0.1) is 24.0 Å². The second-order valence-corrected chi connectivity index (χ2v) is 8.64. The van der Waals surface area contributed by atoms with E-state index in [4.69, 9.17) is 0 Å². The van der Waals surface area contributed by atoms with Crippen molar-refractivity contribution in [1.29, 1.82) is 0 Å². The number of hydrogen-bond donors (Lipinski definition) is 2. The number of halogens is 3. The second kappa shape index (κ2) is 8.80. The molecule has 0 aliphatic heterocycles. The first-order chi connectivity index (χ1) is 15.6. The Hall–Kier alpha value is -3.49. The number of pyridine rings is 1. The van der Waals surface area contributed by atoms with Gasteiger partial charge in [-0.3, -0.25) is 9.78 Å². The molecule has 1 aromatic carbocycles. The van der Waals surface area contributed by atoms with E-state index in [1.165, 1.54) is 0 Å². The van der Waals surface area contributed by atoms with E-state index in [-0.39, 0.29) is 12.8 Å². The molecule has 172 valence electrons. The summed E-state index contributed by atoms with van der Waals surface area (Å²) in [5, 5.41) is 20.8. The van der Waals surface area contributed by atoms with Crippen molar-refractivity contribution in [2.75, 3.05) is 5.32 Å². The van der Waals surface area contributed by atoms with Crippen molar-refractivity contribution < 1.29 is 23.1 Å². The number of aromatic nitrogens is 3. The largest absolute Gasteiger partial charge is 0.481 e.